The van der Waals surface area contributed by atoms with Crippen molar-refractivity contribution in [3.05, 3.63) is 16.6 Å². The van der Waals surface area contributed by atoms with E-state index in [2.05, 4.69) is 4.98 Å². The van der Waals surface area contributed by atoms with Crippen LogP contribution in [0.4, 0.5) is 4.79 Å². The van der Waals surface area contributed by atoms with Gasteiger partial charge in [-0.15, -0.1) is 11.3 Å². The van der Waals surface area contributed by atoms with Gasteiger partial charge in [0.05, 0.1) is 17.0 Å². The molecule has 2 rings (SSSR count). The molecule has 22 heavy (non-hydrogen) atoms. The summed E-state index contributed by atoms with van der Waals surface area (Å²) >= 11 is 1.34. The van der Waals surface area contributed by atoms with Crippen LogP contribution < -0.4 is 0 Å². The van der Waals surface area contributed by atoms with Gasteiger partial charge in [-0.3, -0.25) is 4.98 Å². The van der Waals surface area contributed by atoms with Crippen molar-refractivity contribution in [1.29, 1.82) is 0 Å². The molecule has 1 aromatic rings. The lowest BCUT2D eigenvalue weighted by molar-refractivity contribution is 0.0289. The van der Waals surface area contributed by atoms with Crippen LogP contribution in [0.5, 0.6) is 0 Å². The lowest BCUT2D eigenvalue weighted by Crippen LogP contribution is -2.35. The smallest absolute Gasteiger partial charge is 0.410 e. The van der Waals surface area contributed by atoms with Crippen molar-refractivity contribution in [2.24, 2.45) is 5.92 Å². The Morgan fingerprint density at radius 3 is 2.82 bits per heavy atom. The van der Waals surface area contributed by atoms with Crippen LogP contribution >= 0.6 is 11.3 Å². The molecular formula is C14H22N2O4S2. The summed E-state index contributed by atoms with van der Waals surface area (Å²) in [6.45, 7) is 6.44. The van der Waals surface area contributed by atoms with E-state index in [-0.39, 0.29) is 23.5 Å². The van der Waals surface area contributed by atoms with Crippen molar-refractivity contribution in [3.63, 3.8) is 0 Å². The van der Waals surface area contributed by atoms with Gasteiger partial charge in [0.1, 0.15) is 5.60 Å². The maximum Gasteiger partial charge on any atom is 0.410 e. The summed E-state index contributed by atoms with van der Waals surface area (Å²) in [7, 11) is -3.18. The molecule has 0 bridgehead atoms. The van der Waals surface area contributed by atoms with Gasteiger partial charge in [0.25, 0.3) is 0 Å². The molecule has 6 nitrogen and oxygen atoms in total. The minimum atomic E-state index is -3.18. The standard InChI is InChI=1S/C14H22N2O4S2/c1-14(2,3)20-13(17)16-5-4-11(7-16)8-22(18,19)9-12-6-15-10-21-12/h6,10-11H,4-5,7-9H2,1-3H3/t11-/m0/s1. The van der Waals surface area contributed by atoms with Gasteiger partial charge in [-0.05, 0) is 33.1 Å². The Balaban J connectivity index is 1.87. The molecule has 0 aliphatic carbocycles. The second-order valence-electron chi connectivity index (χ2n) is 6.60. The maximum absolute atomic E-state index is 12.2. The fourth-order valence-corrected chi connectivity index (χ4v) is 5.22. The molecular weight excluding hydrogens is 324 g/mol. The van der Waals surface area contributed by atoms with Gasteiger partial charge < -0.3 is 9.64 Å². The number of amides is 1. The number of likely N-dealkylation sites (tertiary alicyclic amines) is 1. The third-order valence-corrected chi connectivity index (χ3v) is 5.97. The summed E-state index contributed by atoms with van der Waals surface area (Å²) in [5.41, 5.74) is 1.10. The average Bonchev–Trinajstić information content (AvgIpc) is 2.97. The average molecular weight is 346 g/mol. The van der Waals surface area contributed by atoms with Crippen molar-refractivity contribution in [3.8, 4) is 0 Å². The summed E-state index contributed by atoms with van der Waals surface area (Å²) in [5.74, 6) is 0.107. The highest BCUT2D eigenvalue weighted by molar-refractivity contribution is 7.90. The van der Waals surface area contributed by atoms with E-state index in [0.717, 1.165) is 4.88 Å². The van der Waals surface area contributed by atoms with Crippen LogP contribution in [0.1, 0.15) is 32.1 Å². The molecule has 0 saturated carbocycles. The fraction of sp³-hybridized carbons (Fsp3) is 0.714. The Morgan fingerprint density at radius 1 is 1.50 bits per heavy atom. The molecule has 1 aliphatic rings. The number of rotatable bonds is 4. The van der Waals surface area contributed by atoms with Crippen molar-refractivity contribution >= 4 is 27.3 Å². The van der Waals surface area contributed by atoms with E-state index in [0.29, 0.717) is 19.5 Å². The van der Waals surface area contributed by atoms with E-state index in [9.17, 15) is 13.2 Å². The Hall–Kier alpha value is -1.15. The Labute approximate surface area is 135 Å². The molecule has 0 N–H and O–H groups in total. The summed E-state index contributed by atoms with van der Waals surface area (Å²) in [5, 5.41) is 0. The number of hydrogen-bond acceptors (Lipinski definition) is 6. The SMILES string of the molecule is CC(C)(C)OC(=O)N1CC[C@H](CS(=O)(=O)Cc2cncs2)C1. The molecule has 0 spiro atoms. The minimum Gasteiger partial charge on any atom is -0.444 e. The zero-order valence-corrected chi connectivity index (χ0v) is 14.7. The van der Waals surface area contributed by atoms with E-state index >= 15 is 0 Å². The number of carbonyl (C=O) groups is 1. The zero-order chi connectivity index (χ0) is 16.4. The van der Waals surface area contributed by atoms with Crippen molar-refractivity contribution < 1.29 is 17.9 Å². The second kappa shape index (κ2) is 6.54. The van der Waals surface area contributed by atoms with Crippen LogP contribution in [0, 0.1) is 5.92 Å². The first-order valence-corrected chi connectivity index (χ1v) is 9.90. The summed E-state index contributed by atoms with van der Waals surface area (Å²) in [4.78, 5) is 18.2. The molecule has 0 unspecified atom stereocenters. The number of aromatic nitrogens is 1. The molecule has 124 valence electrons. The number of nitrogens with zero attached hydrogens (tertiary/aromatic N) is 2. The number of ether oxygens (including phenoxy) is 1. The topological polar surface area (TPSA) is 76.6 Å². The van der Waals surface area contributed by atoms with Crippen LogP contribution in [-0.4, -0.2) is 48.8 Å². The largest absolute Gasteiger partial charge is 0.444 e. The Morgan fingerprint density at radius 2 is 2.23 bits per heavy atom. The van der Waals surface area contributed by atoms with E-state index < -0.39 is 15.4 Å². The van der Waals surface area contributed by atoms with Gasteiger partial charge in [0, 0.05) is 24.2 Å². The minimum absolute atomic E-state index is 0.0227. The molecule has 2 heterocycles. The fourth-order valence-electron chi connectivity index (χ4n) is 2.41. The van der Waals surface area contributed by atoms with Crippen molar-refractivity contribution in [1.82, 2.24) is 9.88 Å². The molecule has 1 fully saturated rings. The predicted octanol–water partition coefficient (Wildman–Crippen LogP) is 2.31. The number of sulfone groups is 1. The van der Waals surface area contributed by atoms with Gasteiger partial charge in [-0.2, -0.15) is 0 Å². The van der Waals surface area contributed by atoms with Crippen molar-refractivity contribution in [2.45, 2.75) is 38.5 Å². The maximum atomic E-state index is 12.2. The van der Waals surface area contributed by atoms with Gasteiger partial charge in [-0.1, -0.05) is 0 Å². The molecule has 1 aromatic heterocycles. The summed E-state index contributed by atoms with van der Waals surface area (Å²) in [6.07, 6.45) is 1.92. The lowest BCUT2D eigenvalue weighted by atomic mass is 10.2. The second-order valence-corrected chi connectivity index (χ2v) is 9.68. The number of thiazole rings is 1. The zero-order valence-electron chi connectivity index (χ0n) is 13.1. The van der Waals surface area contributed by atoms with Crippen LogP contribution in [0.3, 0.4) is 0 Å². The monoisotopic (exact) mass is 346 g/mol. The molecule has 0 aromatic carbocycles. The first kappa shape index (κ1) is 17.2. The van der Waals surface area contributed by atoms with Gasteiger partial charge in [0.15, 0.2) is 9.84 Å². The number of carbonyl (C=O) groups excluding carboxylic acids is 1. The highest BCUT2D eigenvalue weighted by Crippen LogP contribution is 2.22. The highest BCUT2D eigenvalue weighted by atomic mass is 32.2. The molecule has 0 radical (unpaired) electrons. The molecule has 1 atom stereocenters. The summed E-state index contributed by atoms with van der Waals surface area (Å²) in [6, 6.07) is 0. The van der Waals surface area contributed by atoms with Crippen LogP contribution in [0.15, 0.2) is 11.7 Å². The Bertz CT molecular complexity index is 605. The van der Waals surface area contributed by atoms with Crippen LogP contribution in [-0.2, 0) is 20.3 Å². The normalized spacial score (nSPS) is 19.4. The quantitative estimate of drug-likeness (QED) is 0.836. The van der Waals surface area contributed by atoms with Crippen LogP contribution in [0.2, 0.25) is 0 Å². The van der Waals surface area contributed by atoms with E-state index in [1.165, 1.54) is 11.3 Å². The van der Waals surface area contributed by atoms with E-state index in [1.54, 1.807) is 16.6 Å². The third kappa shape index (κ3) is 5.24. The summed E-state index contributed by atoms with van der Waals surface area (Å²) < 4.78 is 29.7. The third-order valence-electron chi connectivity index (χ3n) is 3.27. The highest BCUT2D eigenvalue weighted by Gasteiger charge is 2.32. The Kier molecular flexibility index (Phi) is 5.11. The first-order valence-electron chi connectivity index (χ1n) is 7.20. The van der Waals surface area contributed by atoms with Gasteiger partial charge in [-0.25, -0.2) is 13.2 Å². The molecule has 1 amide bonds. The van der Waals surface area contributed by atoms with Gasteiger partial charge in [0.2, 0.25) is 0 Å². The molecule has 1 aliphatic heterocycles. The van der Waals surface area contributed by atoms with E-state index in [1.807, 2.05) is 20.8 Å². The van der Waals surface area contributed by atoms with E-state index in [4.69, 9.17) is 4.74 Å². The first-order chi connectivity index (χ1) is 10.1. The molecule has 8 heteroatoms. The van der Waals surface area contributed by atoms with Crippen molar-refractivity contribution in [2.75, 3.05) is 18.8 Å². The molecule has 1 saturated heterocycles. The predicted molar refractivity (Wildman–Crippen MR) is 85.5 cm³/mol. The number of hydrogen-bond donors (Lipinski definition) is 0. The van der Waals surface area contributed by atoms with Gasteiger partial charge >= 0.3 is 6.09 Å². The van der Waals surface area contributed by atoms with Crippen LogP contribution in [0.25, 0.3) is 0 Å². The lowest BCUT2D eigenvalue weighted by Gasteiger charge is -2.24.